The zero-order chi connectivity index (χ0) is 20.9. The van der Waals surface area contributed by atoms with Gasteiger partial charge in [0.25, 0.3) is 0 Å². The van der Waals surface area contributed by atoms with Gasteiger partial charge in [-0.2, -0.15) is 0 Å². The lowest BCUT2D eigenvalue weighted by molar-refractivity contribution is -0.0508. The molecule has 30 heavy (non-hydrogen) atoms. The fourth-order valence-electron chi connectivity index (χ4n) is 8.43. The number of benzene rings is 1. The predicted molar refractivity (Wildman–Crippen MR) is 121 cm³/mol. The number of halogens is 1. The van der Waals surface area contributed by atoms with Crippen molar-refractivity contribution in [2.24, 2.45) is 34.5 Å². The van der Waals surface area contributed by atoms with Crippen molar-refractivity contribution in [3.8, 4) is 0 Å². The van der Waals surface area contributed by atoms with Gasteiger partial charge in [-0.3, -0.25) is 0 Å². The van der Waals surface area contributed by atoms with Gasteiger partial charge in [0.05, 0.1) is 6.10 Å². The first kappa shape index (κ1) is 20.7. The lowest BCUT2D eigenvalue weighted by atomic mass is 9.47. The van der Waals surface area contributed by atoms with Crippen molar-refractivity contribution in [2.75, 3.05) is 0 Å². The number of hydrogen-bond acceptors (Lipinski definition) is 1. The molecule has 0 aromatic heterocycles. The normalized spacial score (nSPS) is 42.8. The summed E-state index contributed by atoms with van der Waals surface area (Å²) in [6, 6.07) is 7.10. The maximum atomic E-state index is 13.2. The molecule has 0 saturated heterocycles. The quantitative estimate of drug-likeness (QED) is 0.525. The molecule has 0 amide bonds. The Morgan fingerprint density at radius 3 is 2.60 bits per heavy atom. The van der Waals surface area contributed by atoms with E-state index in [-0.39, 0.29) is 11.9 Å². The van der Waals surface area contributed by atoms with Crippen LogP contribution in [0.5, 0.6) is 0 Å². The van der Waals surface area contributed by atoms with Gasteiger partial charge in [-0.1, -0.05) is 37.6 Å². The molecule has 7 atom stereocenters. The van der Waals surface area contributed by atoms with Crippen LogP contribution in [0.3, 0.4) is 0 Å². The van der Waals surface area contributed by atoms with Crippen LogP contribution in [-0.4, -0.2) is 11.2 Å². The smallest absolute Gasteiger partial charge is 0.123 e. The van der Waals surface area contributed by atoms with Crippen LogP contribution in [0.4, 0.5) is 4.39 Å². The SMILES string of the molecule is CC12CCC(O)CC1=CCC1C2CCC2(C)C(CCCc3ccc(F)cc3)CCC12. The molecule has 0 spiro atoms. The van der Waals surface area contributed by atoms with Crippen LogP contribution < -0.4 is 0 Å². The van der Waals surface area contributed by atoms with Crippen LogP contribution in [-0.2, 0) is 6.42 Å². The molecule has 1 aromatic carbocycles. The second-order valence-electron chi connectivity index (χ2n) is 11.5. The van der Waals surface area contributed by atoms with E-state index < -0.39 is 0 Å². The Balaban J connectivity index is 1.26. The Kier molecular flexibility index (Phi) is 5.37. The highest BCUT2D eigenvalue weighted by molar-refractivity contribution is 5.25. The summed E-state index contributed by atoms with van der Waals surface area (Å²) in [6.07, 6.45) is 16.0. The van der Waals surface area contributed by atoms with Crippen molar-refractivity contribution in [2.45, 2.75) is 90.6 Å². The van der Waals surface area contributed by atoms with Crippen molar-refractivity contribution in [1.29, 1.82) is 0 Å². The van der Waals surface area contributed by atoms with E-state index in [0.717, 1.165) is 42.9 Å². The highest BCUT2D eigenvalue weighted by atomic mass is 19.1. The standard InChI is InChI=1S/C28H39FO/c1-27-17-15-26-24(12-8-21-18-23(30)14-16-28(21,26)2)25(27)13-9-20(27)5-3-4-19-6-10-22(29)11-7-19/h6-8,10-11,20,23-26,30H,3-5,9,12-18H2,1-2H3. The summed E-state index contributed by atoms with van der Waals surface area (Å²) in [4.78, 5) is 0. The van der Waals surface area contributed by atoms with Crippen LogP contribution >= 0.6 is 0 Å². The summed E-state index contributed by atoms with van der Waals surface area (Å²) in [5.41, 5.74) is 3.72. The van der Waals surface area contributed by atoms with Crippen molar-refractivity contribution < 1.29 is 9.50 Å². The van der Waals surface area contributed by atoms with Crippen LogP contribution in [0.1, 0.15) is 83.6 Å². The average molecular weight is 411 g/mol. The van der Waals surface area contributed by atoms with Crippen LogP contribution in [0.2, 0.25) is 0 Å². The molecule has 0 aliphatic heterocycles. The maximum Gasteiger partial charge on any atom is 0.123 e. The number of aryl methyl sites for hydroxylation is 1. The monoisotopic (exact) mass is 410 g/mol. The van der Waals surface area contributed by atoms with Crippen LogP contribution in [0.25, 0.3) is 0 Å². The van der Waals surface area contributed by atoms with Gasteiger partial charge in [-0.25, -0.2) is 4.39 Å². The Morgan fingerprint density at radius 2 is 1.80 bits per heavy atom. The summed E-state index contributed by atoms with van der Waals surface area (Å²) >= 11 is 0. The molecule has 5 rings (SSSR count). The van der Waals surface area contributed by atoms with Gasteiger partial charge in [0.15, 0.2) is 0 Å². The van der Waals surface area contributed by atoms with Crippen LogP contribution in [0, 0.1) is 40.3 Å². The summed E-state index contributed by atoms with van der Waals surface area (Å²) < 4.78 is 13.2. The molecule has 0 heterocycles. The van der Waals surface area contributed by atoms with E-state index in [1.54, 1.807) is 17.7 Å². The number of rotatable bonds is 4. The fraction of sp³-hybridized carbons (Fsp3) is 0.714. The Labute approximate surface area is 182 Å². The van der Waals surface area contributed by atoms with E-state index in [1.807, 2.05) is 12.1 Å². The third-order valence-corrected chi connectivity index (χ3v) is 10.2. The first-order chi connectivity index (χ1) is 14.4. The van der Waals surface area contributed by atoms with E-state index in [9.17, 15) is 9.50 Å². The lowest BCUT2D eigenvalue weighted by Gasteiger charge is -2.58. The van der Waals surface area contributed by atoms with Gasteiger partial charge in [0.1, 0.15) is 5.82 Å². The van der Waals surface area contributed by atoms with E-state index in [2.05, 4.69) is 19.9 Å². The summed E-state index contributed by atoms with van der Waals surface area (Å²) in [6.45, 7) is 5.15. The van der Waals surface area contributed by atoms with Crippen molar-refractivity contribution in [3.05, 3.63) is 47.3 Å². The summed E-state index contributed by atoms with van der Waals surface area (Å²) in [7, 11) is 0. The van der Waals surface area contributed by atoms with Crippen molar-refractivity contribution in [1.82, 2.24) is 0 Å². The van der Waals surface area contributed by atoms with Crippen LogP contribution in [0.15, 0.2) is 35.9 Å². The Bertz CT molecular complexity index is 797. The molecule has 2 heteroatoms. The molecular weight excluding hydrogens is 371 g/mol. The highest BCUT2D eigenvalue weighted by Crippen LogP contribution is 2.66. The van der Waals surface area contributed by atoms with Crippen molar-refractivity contribution in [3.63, 3.8) is 0 Å². The lowest BCUT2D eigenvalue weighted by Crippen LogP contribution is -2.50. The minimum absolute atomic E-state index is 0.105. The second kappa shape index (κ2) is 7.76. The number of hydrogen-bond donors (Lipinski definition) is 1. The molecule has 3 saturated carbocycles. The molecule has 164 valence electrons. The minimum atomic E-state index is -0.132. The van der Waals surface area contributed by atoms with Gasteiger partial charge in [-0.15, -0.1) is 0 Å². The molecule has 4 aliphatic carbocycles. The average Bonchev–Trinajstić information content (AvgIpc) is 3.06. The molecule has 1 N–H and O–H groups in total. The molecule has 7 unspecified atom stereocenters. The zero-order valence-corrected chi connectivity index (χ0v) is 18.9. The van der Waals surface area contributed by atoms with Gasteiger partial charge >= 0.3 is 0 Å². The summed E-state index contributed by atoms with van der Waals surface area (Å²) in [5.74, 6) is 3.30. The summed E-state index contributed by atoms with van der Waals surface area (Å²) in [5, 5.41) is 10.2. The zero-order valence-electron chi connectivity index (χ0n) is 18.9. The number of fused-ring (bicyclic) bond motifs is 5. The third-order valence-electron chi connectivity index (χ3n) is 10.2. The van der Waals surface area contributed by atoms with Gasteiger partial charge in [-0.05, 0) is 123 Å². The van der Waals surface area contributed by atoms with E-state index >= 15 is 0 Å². The molecule has 1 nitrogen and oxygen atoms in total. The molecule has 4 aliphatic rings. The Morgan fingerprint density at radius 1 is 1.00 bits per heavy atom. The third kappa shape index (κ3) is 3.38. The van der Waals surface area contributed by atoms with Gasteiger partial charge in [0, 0.05) is 0 Å². The minimum Gasteiger partial charge on any atom is -0.393 e. The number of aliphatic hydroxyl groups is 1. The number of allylic oxidation sites excluding steroid dienone is 1. The number of aliphatic hydroxyl groups excluding tert-OH is 1. The fourth-order valence-corrected chi connectivity index (χ4v) is 8.43. The van der Waals surface area contributed by atoms with Gasteiger partial charge < -0.3 is 5.11 Å². The molecule has 1 aromatic rings. The molecule has 3 fully saturated rings. The van der Waals surface area contributed by atoms with E-state index in [4.69, 9.17) is 0 Å². The largest absolute Gasteiger partial charge is 0.393 e. The van der Waals surface area contributed by atoms with E-state index in [1.165, 1.54) is 56.9 Å². The first-order valence-corrected chi connectivity index (χ1v) is 12.5. The molecule has 0 radical (unpaired) electrons. The predicted octanol–water partition coefficient (Wildman–Crippen LogP) is 7.09. The first-order valence-electron chi connectivity index (χ1n) is 12.5. The maximum absolute atomic E-state index is 13.2. The molecule has 0 bridgehead atoms. The highest BCUT2D eigenvalue weighted by Gasteiger charge is 2.58. The topological polar surface area (TPSA) is 20.2 Å². The Hall–Kier alpha value is -1.15. The van der Waals surface area contributed by atoms with E-state index in [0.29, 0.717) is 10.8 Å². The second-order valence-corrected chi connectivity index (χ2v) is 11.5. The van der Waals surface area contributed by atoms with Gasteiger partial charge in [0.2, 0.25) is 0 Å². The van der Waals surface area contributed by atoms with Crippen molar-refractivity contribution >= 4 is 0 Å². The molecular formula is C28H39FO.